The van der Waals surface area contributed by atoms with E-state index in [1.807, 2.05) is 12.1 Å². The van der Waals surface area contributed by atoms with Gasteiger partial charge in [-0.2, -0.15) is 0 Å². The number of likely N-dealkylation sites (tertiary alicyclic amines) is 1. The van der Waals surface area contributed by atoms with Gasteiger partial charge in [0.15, 0.2) is 0 Å². The number of nitrogens with one attached hydrogen (secondary N) is 1. The van der Waals surface area contributed by atoms with Crippen molar-refractivity contribution in [2.24, 2.45) is 11.8 Å². The molecule has 2 rings (SSSR count). The molecular weight excluding hydrogens is 294 g/mol. The number of carbonyl (C=O) groups excluding carboxylic acids is 1. The second-order valence-electron chi connectivity index (χ2n) is 4.71. The summed E-state index contributed by atoms with van der Waals surface area (Å²) in [7, 11) is 0. The minimum absolute atomic E-state index is 0.0240. The zero-order valence-corrected chi connectivity index (χ0v) is 11.8. The standard InChI is InChI=1S/C13H18BrN3O/c14-12-5-1-3-10(7-12)8-17-6-2-4-11(9-17)13(18)16-15/h1,3,5,7,11H,2,4,6,8-9,15H2,(H,16,18). The predicted octanol–water partition coefficient (Wildman–Crippen LogP) is 1.65. The molecule has 1 aromatic rings. The summed E-state index contributed by atoms with van der Waals surface area (Å²) in [6.07, 6.45) is 1.98. The van der Waals surface area contributed by atoms with Gasteiger partial charge in [-0.3, -0.25) is 15.1 Å². The highest BCUT2D eigenvalue weighted by Gasteiger charge is 2.25. The lowest BCUT2D eigenvalue weighted by Gasteiger charge is -2.31. The number of amides is 1. The van der Waals surface area contributed by atoms with Crippen LogP contribution >= 0.6 is 15.9 Å². The maximum Gasteiger partial charge on any atom is 0.238 e. The van der Waals surface area contributed by atoms with E-state index >= 15 is 0 Å². The monoisotopic (exact) mass is 311 g/mol. The summed E-state index contributed by atoms with van der Waals surface area (Å²) in [6, 6.07) is 8.28. The lowest BCUT2D eigenvalue weighted by atomic mass is 9.97. The summed E-state index contributed by atoms with van der Waals surface area (Å²) in [5, 5.41) is 0. The lowest BCUT2D eigenvalue weighted by molar-refractivity contribution is -0.126. The van der Waals surface area contributed by atoms with Crippen molar-refractivity contribution in [3.63, 3.8) is 0 Å². The molecule has 0 aliphatic carbocycles. The molecule has 1 aromatic carbocycles. The van der Waals surface area contributed by atoms with Gasteiger partial charge in [0.25, 0.3) is 0 Å². The van der Waals surface area contributed by atoms with Crippen LogP contribution in [-0.2, 0) is 11.3 Å². The Hall–Kier alpha value is -0.910. The van der Waals surface area contributed by atoms with Crippen LogP contribution in [0.3, 0.4) is 0 Å². The van der Waals surface area contributed by atoms with Gasteiger partial charge in [0.1, 0.15) is 0 Å². The SMILES string of the molecule is NNC(=O)C1CCCN(Cc2cccc(Br)c2)C1. The average Bonchev–Trinajstić information content (AvgIpc) is 2.38. The highest BCUT2D eigenvalue weighted by molar-refractivity contribution is 9.10. The lowest BCUT2D eigenvalue weighted by Crippen LogP contribution is -2.44. The van der Waals surface area contributed by atoms with Gasteiger partial charge >= 0.3 is 0 Å². The number of nitrogens with zero attached hydrogens (tertiary/aromatic N) is 1. The summed E-state index contributed by atoms with van der Waals surface area (Å²) in [5.41, 5.74) is 3.52. The van der Waals surface area contributed by atoms with E-state index in [-0.39, 0.29) is 11.8 Å². The Bertz CT molecular complexity index is 424. The van der Waals surface area contributed by atoms with Crippen LogP contribution in [0, 0.1) is 5.92 Å². The van der Waals surface area contributed by atoms with Gasteiger partial charge in [-0.05, 0) is 37.1 Å². The number of nitrogens with two attached hydrogens (primary N) is 1. The largest absolute Gasteiger partial charge is 0.298 e. The van der Waals surface area contributed by atoms with Crippen molar-refractivity contribution in [1.82, 2.24) is 10.3 Å². The van der Waals surface area contributed by atoms with Crippen LogP contribution in [0.25, 0.3) is 0 Å². The molecule has 5 heteroatoms. The van der Waals surface area contributed by atoms with Gasteiger partial charge < -0.3 is 0 Å². The molecule has 1 atom stereocenters. The number of hydrogen-bond donors (Lipinski definition) is 2. The fourth-order valence-corrected chi connectivity index (χ4v) is 2.87. The molecule has 0 saturated carbocycles. The summed E-state index contributed by atoms with van der Waals surface area (Å²) >= 11 is 3.47. The molecule has 3 N–H and O–H groups in total. The number of benzene rings is 1. The number of carbonyl (C=O) groups is 1. The molecule has 1 aliphatic heterocycles. The Morgan fingerprint density at radius 2 is 2.39 bits per heavy atom. The molecule has 18 heavy (non-hydrogen) atoms. The van der Waals surface area contributed by atoms with Crippen LogP contribution in [0.1, 0.15) is 18.4 Å². The second kappa shape index (κ2) is 6.31. The molecule has 0 bridgehead atoms. The molecule has 98 valence electrons. The van der Waals surface area contributed by atoms with Crippen LogP contribution in [0.5, 0.6) is 0 Å². The van der Waals surface area contributed by atoms with Crippen molar-refractivity contribution >= 4 is 21.8 Å². The first-order chi connectivity index (χ1) is 8.69. The van der Waals surface area contributed by atoms with Crippen molar-refractivity contribution in [2.75, 3.05) is 13.1 Å². The van der Waals surface area contributed by atoms with Crippen LogP contribution in [0.4, 0.5) is 0 Å². The summed E-state index contributed by atoms with van der Waals surface area (Å²) in [4.78, 5) is 13.9. The molecule has 1 amide bonds. The van der Waals surface area contributed by atoms with E-state index in [9.17, 15) is 4.79 Å². The zero-order chi connectivity index (χ0) is 13.0. The minimum atomic E-state index is -0.0473. The van der Waals surface area contributed by atoms with Gasteiger partial charge in [0.2, 0.25) is 5.91 Å². The van der Waals surface area contributed by atoms with Gasteiger partial charge in [-0.15, -0.1) is 0 Å². The van der Waals surface area contributed by atoms with Gasteiger partial charge in [0.05, 0.1) is 5.92 Å². The zero-order valence-electron chi connectivity index (χ0n) is 10.2. The van der Waals surface area contributed by atoms with Crippen LogP contribution < -0.4 is 11.3 Å². The Kier molecular flexibility index (Phi) is 4.74. The molecule has 1 unspecified atom stereocenters. The van der Waals surface area contributed by atoms with E-state index in [4.69, 9.17) is 5.84 Å². The van der Waals surface area contributed by atoms with Gasteiger partial charge in [0, 0.05) is 17.6 Å². The molecule has 1 aliphatic rings. The van der Waals surface area contributed by atoms with Gasteiger partial charge in [-0.25, -0.2) is 5.84 Å². The fraction of sp³-hybridized carbons (Fsp3) is 0.462. The fourth-order valence-electron chi connectivity index (χ4n) is 2.42. The van der Waals surface area contributed by atoms with E-state index in [0.717, 1.165) is 36.9 Å². The molecule has 1 heterocycles. The first kappa shape index (κ1) is 13.5. The second-order valence-corrected chi connectivity index (χ2v) is 5.63. The predicted molar refractivity (Wildman–Crippen MR) is 74.5 cm³/mol. The van der Waals surface area contributed by atoms with Gasteiger partial charge in [-0.1, -0.05) is 28.1 Å². The Morgan fingerprint density at radius 1 is 1.56 bits per heavy atom. The topological polar surface area (TPSA) is 58.4 Å². The quantitative estimate of drug-likeness (QED) is 0.507. The average molecular weight is 312 g/mol. The third-order valence-electron chi connectivity index (χ3n) is 3.31. The van der Waals surface area contributed by atoms with Crippen molar-refractivity contribution in [3.8, 4) is 0 Å². The molecule has 0 radical (unpaired) electrons. The van der Waals surface area contributed by atoms with E-state index in [1.165, 1.54) is 5.56 Å². The van der Waals surface area contributed by atoms with Crippen molar-refractivity contribution in [1.29, 1.82) is 0 Å². The van der Waals surface area contributed by atoms with E-state index in [1.54, 1.807) is 0 Å². The van der Waals surface area contributed by atoms with Crippen molar-refractivity contribution < 1.29 is 4.79 Å². The molecule has 1 saturated heterocycles. The summed E-state index contributed by atoms with van der Waals surface area (Å²) in [6.45, 7) is 2.71. The van der Waals surface area contributed by atoms with Crippen LogP contribution in [0.15, 0.2) is 28.7 Å². The summed E-state index contributed by atoms with van der Waals surface area (Å²) < 4.78 is 1.09. The van der Waals surface area contributed by atoms with E-state index in [0.29, 0.717) is 0 Å². The molecule has 0 aromatic heterocycles. The molecule has 4 nitrogen and oxygen atoms in total. The van der Waals surface area contributed by atoms with Crippen molar-refractivity contribution in [3.05, 3.63) is 34.3 Å². The molecule has 1 fully saturated rings. The number of halogens is 1. The maximum absolute atomic E-state index is 11.5. The number of rotatable bonds is 3. The Labute approximate surface area is 116 Å². The summed E-state index contributed by atoms with van der Waals surface area (Å²) in [5.74, 6) is 5.17. The highest BCUT2D eigenvalue weighted by Crippen LogP contribution is 2.20. The third kappa shape index (κ3) is 3.54. The Balaban J connectivity index is 1.95. The maximum atomic E-state index is 11.5. The molecule has 0 spiro atoms. The normalized spacial score (nSPS) is 20.7. The van der Waals surface area contributed by atoms with Crippen LogP contribution in [0.2, 0.25) is 0 Å². The minimum Gasteiger partial charge on any atom is -0.298 e. The van der Waals surface area contributed by atoms with Crippen molar-refractivity contribution in [2.45, 2.75) is 19.4 Å². The van der Waals surface area contributed by atoms with E-state index in [2.05, 4.69) is 38.4 Å². The smallest absolute Gasteiger partial charge is 0.238 e. The molecular formula is C13H18BrN3O. The first-order valence-electron chi connectivity index (χ1n) is 6.16. The Morgan fingerprint density at radius 3 is 3.11 bits per heavy atom. The highest BCUT2D eigenvalue weighted by atomic mass is 79.9. The number of piperidine rings is 1. The number of hydrogen-bond acceptors (Lipinski definition) is 3. The number of hydrazine groups is 1. The first-order valence-corrected chi connectivity index (χ1v) is 6.95. The third-order valence-corrected chi connectivity index (χ3v) is 3.81. The van der Waals surface area contributed by atoms with Crippen LogP contribution in [-0.4, -0.2) is 23.9 Å². The van der Waals surface area contributed by atoms with E-state index < -0.39 is 0 Å².